The lowest BCUT2D eigenvalue weighted by Gasteiger charge is -2.26. The third kappa shape index (κ3) is 3.27. The van der Waals surface area contributed by atoms with Gasteiger partial charge in [0.2, 0.25) is 0 Å². The first-order valence-electron chi connectivity index (χ1n) is 7.36. The van der Waals surface area contributed by atoms with Crippen LogP contribution in [-0.4, -0.2) is 18.2 Å². The molecule has 0 spiro atoms. The fraction of sp³-hybridized carbons (Fsp3) is 0.625. The van der Waals surface area contributed by atoms with Crippen molar-refractivity contribution in [2.24, 2.45) is 11.8 Å². The molecule has 0 bridgehead atoms. The molecule has 1 aromatic rings. The van der Waals surface area contributed by atoms with E-state index in [4.69, 9.17) is 0 Å². The third-order valence-electron chi connectivity index (χ3n) is 4.15. The average Bonchev–Trinajstić information content (AvgIpc) is 3.23. The summed E-state index contributed by atoms with van der Waals surface area (Å²) in [5, 5.41) is 9.51. The summed E-state index contributed by atoms with van der Waals surface area (Å²) in [6.07, 6.45) is 4.54. The molecule has 3 heteroatoms. The van der Waals surface area contributed by atoms with E-state index < -0.39 is 6.10 Å². The second-order valence-corrected chi connectivity index (χ2v) is 6.18. The normalized spacial score (nSPS) is 20.4. The standard InChI is InChI=1S/C16H22FNO/c1-11(19)14-6-7-16(15(17)8-14)18(9-12-2-3-12)10-13-4-5-13/h6-8,11-13,19H,2-5,9-10H2,1H3/t11-/m0/s1. The predicted molar refractivity (Wildman–Crippen MR) is 74.7 cm³/mol. The SMILES string of the molecule is C[C@H](O)c1ccc(N(CC2CC2)CC2CC2)c(F)c1. The lowest BCUT2D eigenvalue weighted by atomic mass is 10.1. The van der Waals surface area contributed by atoms with Crippen molar-refractivity contribution < 1.29 is 9.50 Å². The first-order chi connectivity index (χ1) is 9.13. The van der Waals surface area contributed by atoms with E-state index in [1.54, 1.807) is 6.92 Å². The fourth-order valence-corrected chi connectivity index (χ4v) is 2.53. The number of aliphatic hydroxyl groups is 1. The van der Waals surface area contributed by atoms with Crippen molar-refractivity contribution in [3.8, 4) is 0 Å². The second-order valence-electron chi connectivity index (χ2n) is 6.18. The number of benzene rings is 1. The molecule has 2 fully saturated rings. The third-order valence-corrected chi connectivity index (χ3v) is 4.15. The van der Waals surface area contributed by atoms with Crippen LogP contribution in [0.3, 0.4) is 0 Å². The molecule has 0 unspecified atom stereocenters. The Hall–Kier alpha value is -1.09. The maximum absolute atomic E-state index is 14.2. The van der Waals surface area contributed by atoms with Crippen LogP contribution >= 0.6 is 0 Å². The summed E-state index contributed by atoms with van der Waals surface area (Å²) in [6.45, 7) is 3.64. The van der Waals surface area contributed by atoms with Gasteiger partial charge in [0.15, 0.2) is 0 Å². The number of hydrogen-bond donors (Lipinski definition) is 1. The van der Waals surface area contributed by atoms with Crippen LogP contribution in [0.2, 0.25) is 0 Å². The first-order valence-corrected chi connectivity index (χ1v) is 7.36. The molecule has 1 N–H and O–H groups in total. The van der Waals surface area contributed by atoms with Crippen molar-refractivity contribution in [2.45, 2.75) is 38.7 Å². The second kappa shape index (κ2) is 5.12. The molecule has 0 aliphatic heterocycles. The first kappa shape index (κ1) is 12.9. The van der Waals surface area contributed by atoms with Crippen molar-refractivity contribution in [2.75, 3.05) is 18.0 Å². The molecule has 0 heterocycles. The number of halogens is 1. The van der Waals surface area contributed by atoms with Gasteiger partial charge in [0.1, 0.15) is 5.82 Å². The van der Waals surface area contributed by atoms with Crippen LogP contribution in [0.4, 0.5) is 10.1 Å². The molecule has 2 nitrogen and oxygen atoms in total. The summed E-state index contributed by atoms with van der Waals surface area (Å²) in [4.78, 5) is 2.22. The van der Waals surface area contributed by atoms with Crippen LogP contribution < -0.4 is 4.90 Å². The van der Waals surface area contributed by atoms with Crippen molar-refractivity contribution >= 4 is 5.69 Å². The highest BCUT2D eigenvalue weighted by molar-refractivity contribution is 5.50. The largest absolute Gasteiger partial charge is 0.389 e. The molecule has 2 aliphatic carbocycles. The summed E-state index contributed by atoms with van der Waals surface area (Å²) in [7, 11) is 0. The number of nitrogens with zero attached hydrogens (tertiary/aromatic N) is 1. The van der Waals surface area contributed by atoms with Gasteiger partial charge in [-0.15, -0.1) is 0 Å². The van der Waals surface area contributed by atoms with E-state index >= 15 is 0 Å². The molecule has 19 heavy (non-hydrogen) atoms. The molecule has 0 radical (unpaired) electrons. The van der Waals surface area contributed by atoms with Gasteiger partial charge >= 0.3 is 0 Å². The summed E-state index contributed by atoms with van der Waals surface area (Å²) in [5.74, 6) is 1.32. The smallest absolute Gasteiger partial charge is 0.146 e. The van der Waals surface area contributed by atoms with Gasteiger partial charge in [-0.1, -0.05) is 6.07 Å². The van der Waals surface area contributed by atoms with Crippen LogP contribution in [0.1, 0.15) is 44.3 Å². The molecule has 3 rings (SSSR count). The molecule has 2 aliphatic rings. The number of hydrogen-bond acceptors (Lipinski definition) is 2. The van der Waals surface area contributed by atoms with Crippen LogP contribution in [0.25, 0.3) is 0 Å². The van der Waals surface area contributed by atoms with Gasteiger partial charge in [-0.3, -0.25) is 0 Å². The van der Waals surface area contributed by atoms with E-state index in [0.717, 1.165) is 24.9 Å². The Labute approximate surface area is 114 Å². The van der Waals surface area contributed by atoms with E-state index in [0.29, 0.717) is 11.3 Å². The summed E-state index contributed by atoms with van der Waals surface area (Å²) < 4.78 is 14.2. The van der Waals surface area contributed by atoms with Crippen molar-refractivity contribution in [1.82, 2.24) is 0 Å². The van der Waals surface area contributed by atoms with Crippen LogP contribution in [0.5, 0.6) is 0 Å². The van der Waals surface area contributed by atoms with E-state index in [-0.39, 0.29) is 5.82 Å². The Bertz CT molecular complexity index is 438. The van der Waals surface area contributed by atoms with Gasteiger partial charge in [-0.25, -0.2) is 4.39 Å². The highest BCUT2D eigenvalue weighted by Gasteiger charge is 2.30. The number of rotatable bonds is 6. The number of aliphatic hydroxyl groups excluding tert-OH is 1. The monoisotopic (exact) mass is 263 g/mol. The van der Waals surface area contributed by atoms with Crippen LogP contribution in [0, 0.1) is 17.7 Å². The highest BCUT2D eigenvalue weighted by atomic mass is 19.1. The predicted octanol–water partition coefficient (Wildman–Crippen LogP) is 3.51. The molecule has 104 valence electrons. The molecular formula is C16H22FNO. The molecular weight excluding hydrogens is 241 g/mol. The minimum Gasteiger partial charge on any atom is -0.389 e. The minimum atomic E-state index is -0.608. The van der Waals surface area contributed by atoms with Gasteiger partial charge < -0.3 is 10.0 Å². The molecule has 0 amide bonds. The van der Waals surface area contributed by atoms with Gasteiger partial charge in [0.05, 0.1) is 11.8 Å². The Morgan fingerprint density at radius 3 is 2.21 bits per heavy atom. The maximum atomic E-state index is 14.2. The lowest BCUT2D eigenvalue weighted by Crippen LogP contribution is -2.29. The topological polar surface area (TPSA) is 23.5 Å². The minimum absolute atomic E-state index is 0.195. The van der Waals surface area contributed by atoms with Crippen molar-refractivity contribution in [1.29, 1.82) is 0 Å². The molecule has 0 aromatic heterocycles. The summed E-state index contributed by atoms with van der Waals surface area (Å²) in [5.41, 5.74) is 1.36. The lowest BCUT2D eigenvalue weighted by molar-refractivity contribution is 0.199. The average molecular weight is 263 g/mol. The Balaban J connectivity index is 1.79. The van der Waals surface area contributed by atoms with Crippen LogP contribution in [0.15, 0.2) is 18.2 Å². The van der Waals surface area contributed by atoms with Crippen molar-refractivity contribution in [3.05, 3.63) is 29.6 Å². The zero-order chi connectivity index (χ0) is 13.4. The van der Waals surface area contributed by atoms with E-state index in [9.17, 15) is 9.50 Å². The van der Waals surface area contributed by atoms with Gasteiger partial charge in [-0.05, 0) is 62.1 Å². The quantitative estimate of drug-likeness (QED) is 0.849. The van der Waals surface area contributed by atoms with E-state index in [2.05, 4.69) is 4.90 Å². The summed E-state index contributed by atoms with van der Waals surface area (Å²) in [6, 6.07) is 5.16. The molecule has 2 saturated carbocycles. The van der Waals surface area contributed by atoms with Crippen LogP contribution in [-0.2, 0) is 0 Å². The molecule has 0 saturated heterocycles. The van der Waals surface area contributed by atoms with Gasteiger partial charge in [0.25, 0.3) is 0 Å². The Kier molecular flexibility index (Phi) is 3.48. The van der Waals surface area contributed by atoms with Gasteiger partial charge in [-0.2, -0.15) is 0 Å². The van der Waals surface area contributed by atoms with E-state index in [1.165, 1.54) is 31.7 Å². The zero-order valence-corrected chi connectivity index (χ0v) is 11.5. The van der Waals surface area contributed by atoms with E-state index in [1.807, 2.05) is 12.1 Å². The Morgan fingerprint density at radius 2 is 1.79 bits per heavy atom. The number of anilines is 1. The maximum Gasteiger partial charge on any atom is 0.146 e. The zero-order valence-electron chi connectivity index (χ0n) is 11.5. The molecule has 1 aromatic carbocycles. The Morgan fingerprint density at radius 1 is 1.21 bits per heavy atom. The fourth-order valence-electron chi connectivity index (χ4n) is 2.53. The summed E-state index contributed by atoms with van der Waals surface area (Å²) >= 11 is 0. The van der Waals surface area contributed by atoms with Crippen molar-refractivity contribution in [3.63, 3.8) is 0 Å². The highest BCUT2D eigenvalue weighted by Crippen LogP contribution is 2.36. The molecule has 1 atom stereocenters. The van der Waals surface area contributed by atoms with Gasteiger partial charge in [0, 0.05) is 13.1 Å².